The molecule has 1 saturated carbocycles. The summed E-state index contributed by atoms with van der Waals surface area (Å²) in [5.41, 5.74) is 0.757. The summed E-state index contributed by atoms with van der Waals surface area (Å²) in [5.74, 6) is 0. The van der Waals surface area contributed by atoms with Crippen LogP contribution in [-0.2, 0) is 4.74 Å². The number of nitrogens with one attached hydrogen (secondary N) is 2. The van der Waals surface area contributed by atoms with Crippen LogP contribution in [0.25, 0.3) is 0 Å². The highest BCUT2D eigenvalue weighted by Gasteiger charge is 2.12. The summed E-state index contributed by atoms with van der Waals surface area (Å²) in [7, 11) is 0. The van der Waals surface area contributed by atoms with E-state index < -0.39 is 6.09 Å². The van der Waals surface area contributed by atoms with E-state index >= 15 is 0 Å². The molecule has 2 N–H and O–H groups in total. The molecule has 112 valence electrons. The summed E-state index contributed by atoms with van der Waals surface area (Å²) in [6.07, 6.45) is 6.08. The van der Waals surface area contributed by atoms with E-state index in [1.807, 2.05) is 30.3 Å². The van der Waals surface area contributed by atoms with Crippen LogP contribution in [0.4, 0.5) is 10.5 Å². The highest BCUT2D eigenvalue weighted by molar-refractivity contribution is 5.85. The van der Waals surface area contributed by atoms with Crippen LogP contribution in [0.3, 0.4) is 0 Å². The molecule has 0 spiro atoms. The first-order valence-corrected chi connectivity index (χ1v) is 7.07. The number of hydrogen-bond acceptors (Lipinski definition) is 3. The molecule has 0 aliphatic heterocycles. The summed E-state index contributed by atoms with van der Waals surface area (Å²) in [6, 6.07) is 9.93. The lowest BCUT2D eigenvalue weighted by Crippen LogP contribution is -2.34. The van der Waals surface area contributed by atoms with Crippen molar-refractivity contribution in [3.05, 3.63) is 30.3 Å². The van der Waals surface area contributed by atoms with Gasteiger partial charge in [-0.2, -0.15) is 0 Å². The molecule has 20 heavy (non-hydrogen) atoms. The third kappa shape index (κ3) is 6.26. The number of hydrogen-bond donors (Lipinski definition) is 2. The first kappa shape index (κ1) is 16.8. The average Bonchev–Trinajstić information content (AvgIpc) is 2.46. The lowest BCUT2D eigenvalue weighted by molar-refractivity contribution is 0.159. The molecule has 0 saturated heterocycles. The molecule has 0 unspecified atom stereocenters. The third-order valence-corrected chi connectivity index (χ3v) is 3.39. The molecular formula is C15H23ClN2O2. The van der Waals surface area contributed by atoms with Crippen LogP contribution in [-0.4, -0.2) is 25.3 Å². The Kier molecular flexibility index (Phi) is 8.07. The van der Waals surface area contributed by atoms with Crippen molar-refractivity contribution < 1.29 is 9.53 Å². The van der Waals surface area contributed by atoms with Gasteiger partial charge < -0.3 is 10.1 Å². The molecule has 1 fully saturated rings. The zero-order valence-electron chi connectivity index (χ0n) is 11.6. The molecule has 0 atom stereocenters. The van der Waals surface area contributed by atoms with E-state index in [0.717, 1.165) is 12.2 Å². The van der Waals surface area contributed by atoms with Gasteiger partial charge in [-0.15, -0.1) is 12.4 Å². The summed E-state index contributed by atoms with van der Waals surface area (Å²) >= 11 is 0. The van der Waals surface area contributed by atoms with Gasteiger partial charge in [-0.25, -0.2) is 4.79 Å². The molecule has 1 amide bonds. The minimum atomic E-state index is -0.392. The summed E-state index contributed by atoms with van der Waals surface area (Å²) in [4.78, 5) is 11.5. The summed E-state index contributed by atoms with van der Waals surface area (Å²) in [6.45, 7) is 1.14. The summed E-state index contributed by atoms with van der Waals surface area (Å²) in [5, 5.41) is 6.13. The lowest BCUT2D eigenvalue weighted by atomic mass is 9.96. The topological polar surface area (TPSA) is 50.4 Å². The molecule has 0 radical (unpaired) electrons. The molecule has 0 bridgehead atoms. The van der Waals surface area contributed by atoms with E-state index in [1.54, 1.807) is 0 Å². The van der Waals surface area contributed by atoms with Crippen LogP contribution in [0.1, 0.15) is 32.1 Å². The van der Waals surface area contributed by atoms with Gasteiger partial charge in [-0.3, -0.25) is 5.32 Å². The smallest absolute Gasteiger partial charge is 0.411 e. The van der Waals surface area contributed by atoms with Crippen molar-refractivity contribution in [1.29, 1.82) is 0 Å². The molecule has 2 rings (SSSR count). The number of para-hydroxylation sites is 1. The maximum atomic E-state index is 11.5. The van der Waals surface area contributed by atoms with Gasteiger partial charge in [0, 0.05) is 18.3 Å². The van der Waals surface area contributed by atoms with E-state index in [2.05, 4.69) is 10.6 Å². The van der Waals surface area contributed by atoms with Crippen molar-refractivity contribution in [3.8, 4) is 0 Å². The van der Waals surface area contributed by atoms with Crippen molar-refractivity contribution in [2.24, 2.45) is 0 Å². The number of carbonyl (C=O) groups is 1. The molecule has 5 heteroatoms. The molecule has 1 aliphatic carbocycles. The summed E-state index contributed by atoms with van der Waals surface area (Å²) < 4.78 is 5.12. The largest absolute Gasteiger partial charge is 0.448 e. The molecule has 0 aromatic heterocycles. The monoisotopic (exact) mass is 298 g/mol. The van der Waals surface area contributed by atoms with Gasteiger partial charge in [0.2, 0.25) is 0 Å². The van der Waals surface area contributed by atoms with Gasteiger partial charge >= 0.3 is 6.09 Å². The maximum Gasteiger partial charge on any atom is 0.411 e. The lowest BCUT2D eigenvalue weighted by Gasteiger charge is -2.22. The molecule has 1 aromatic carbocycles. The zero-order chi connectivity index (χ0) is 13.3. The standard InChI is InChI=1S/C15H22N2O2.ClH/c18-15(17-14-9-5-2-6-10-14)19-12-11-16-13-7-3-1-4-8-13;/h2,5-6,9-10,13,16H,1,3-4,7-8,11-12H2,(H,17,18);1H. The van der Waals surface area contributed by atoms with Crippen LogP contribution in [0, 0.1) is 0 Å². The quantitative estimate of drug-likeness (QED) is 0.817. The molecular weight excluding hydrogens is 276 g/mol. The minimum absolute atomic E-state index is 0. The highest BCUT2D eigenvalue weighted by atomic mass is 35.5. The molecule has 1 aliphatic rings. The minimum Gasteiger partial charge on any atom is -0.448 e. The van der Waals surface area contributed by atoms with E-state index in [4.69, 9.17) is 4.74 Å². The SMILES string of the molecule is Cl.O=C(Nc1ccccc1)OCCNC1CCCCC1. The van der Waals surface area contributed by atoms with Gasteiger partial charge in [0.1, 0.15) is 6.61 Å². The fourth-order valence-corrected chi connectivity index (χ4v) is 2.39. The van der Waals surface area contributed by atoms with Crippen LogP contribution < -0.4 is 10.6 Å². The van der Waals surface area contributed by atoms with E-state index in [0.29, 0.717) is 12.6 Å². The predicted molar refractivity (Wildman–Crippen MR) is 83.5 cm³/mol. The maximum absolute atomic E-state index is 11.5. The molecule has 4 nitrogen and oxygen atoms in total. The van der Waals surface area contributed by atoms with E-state index in [-0.39, 0.29) is 12.4 Å². The van der Waals surface area contributed by atoms with Gasteiger partial charge in [0.25, 0.3) is 0 Å². The number of halogens is 1. The van der Waals surface area contributed by atoms with Crippen molar-refractivity contribution >= 4 is 24.2 Å². The van der Waals surface area contributed by atoms with Crippen LogP contribution in [0.5, 0.6) is 0 Å². The second kappa shape index (κ2) is 9.61. The fraction of sp³-hybridized carbons (Fsp3) is 0.533. The average molecular weight is 299 g/mol. The Morgan fingerprint density at radius 2 is 1.85 bits per heavy atom. The molecule has 1 aromatic rings. The first-order chi connectivity index (χ1) is 9.34. The Balaban J connectivity index is 0.00000200. The number of anilines is 1. The third-order valence-electron chi connectivity index (χ3n) is 3.39. The van der Waals surface area contributed by atoms with Crippen LogP contribution in [0.15, 0.2) is 30.3 Å². The van der Waals surface area contributed by atoms with Crippen molar-refractivity contribution in [2.45, 2.75) is 38.1 Å². The van der Waals surface area contributed by atoms with Crippen molar-refractivity contribution in [1.82, 2.24) is 5.32 Å². The van der Waals surface area contributed by atoms with E-state index in [1.165, 1.54) is 32.1 Å². The number of ether oxygens (including phenoxy) is 1. The normalized spacial score (nSPS) is 15.2. The Bertz CT molecular complexity index is 381. The predicted octanol–water partition coefficient (Wildman–Crippen LogP) is 3.58. The fourth-order valence-electron chi connectivity index (χ4n) is 2.39. The van der Waals surface area contributed by atoms with Crippen LogP contribution in [0.2, 0.25) is 0 Å². The number of benzene rings is 1. The number of amides is 1. The zero-order valence-corrected chi connectivity index (χ0v) is 12.5. The Hall–Kier alpha value is -1.26. The Labute approximate surface area is 126 Å². The van der Waals surface area contributed by atoms with Crippen LogP contribution >= 0.6 is 12.4 Å². The number of carbonyl (C=O) groups excluding carboxylic acids is 1. The Morgan fingerprint density at radius 1 is 1.15 bits per heavy atom. The second-order valence-corrected chi connectivity index (χ2v) is 4.92. The highest BCUT2D eigenvalue weighted by Crippen LogP contribution is 2.16. The Morgan fingerprint density at radius 3 is 2.55 bits per heavy atom. The van der Waals surface area contributed by atoms with E-state index in [9.17, 15) is 4.79 Å². The second-order valence-electron chi connectivity index (χ2n) is 4.92. The number of rotatable bonds is 5. The van der Waals surface area contributed by atoms with Gasteiger partial charge in [0.15, 0.2) is 0 Å². The van der Waals surface area contributed by atoms with Crippen molar-refractivity contribution in [3.63, 3.8) is 0 Å². The molecule has 0 heterocycles. The van der Waals surface area contributed by atoms with Gasteiger partial charge in [0.05, 0.1) is 0 Å². The van der Waals surface area contributed by atoms with Gasteiger partial charge in [-0.1, -0.05) is 37.5 Å². The van der Waals surface area contributed by atoms with Gasteiger partial charge in [-0.05, 0) is 25.0 Å². The van der Waals surface area contributed by atoms with Crippen molar-refractivity contribution in [2.75, 3.05) is 18.5 Å². The first-order valence-electron chi connectivity index (χ1n) is 7.07.